The zero-order valence-electron chi connectivity index (χ0n) is 14.3. The third kappa shape index (κ3) is 3.48. The minimum absolute atomic E-state index is 0.0698. The van der Waals surface area contributed by atoms with Crippen molar-refractivity contribution in [2.75, 3.05) is 6.54 Å². The molecule has 2 aliphatic rings. The van der Waals surface area contributed by atoms with E-state index in [4.69, 9.17) is 5.26 Å². The third-order valence-corrected chi connectivity index (χ3v) is 7.26. The highest BCUT2D eigenvalue weighted by Gasteiger charge is 2.50. The molecule has 1 saturated carbocycles. The van der Waals surface area contributed by atoms with Gasteiger partial charge in [0.05, 0.1) is 22.8 Å². The summed E-state index contributed by atoms with van der Waals surface area (Å²) in [7, 11) is -3.96. The molecule has 1 heterocycles. The molecule has 0 radical (unpaired) electrons. The number of hydrogen-bond donors (Lipinski definition) is 3. The standard InChI is InChI=1S/C17H19N3O6S/c18-10-17(5-6-17)19-15(22)13-7-12(8-20(13)16(23)24)27(25,26)14-4-2-1-3-11(14)9-21/h1-4,12-13,21H,5-9H2,(H,19,22)(H,23,24)/t12-,13+/m1/s1. The fraction of sp³-hybridized carbons (Fsp3) is 0.471. The van der Waals surface area contributed by atoms with Gasteiger partial charge in [0.2, 0.25) is 5.91 Å². The zero-order chi connectivity index (χ0) is 19.8. The van der Waals surface area contributed by atoms with E-state index in [0.29, 0.717) is 12.8 Å². The van der Waals surface area contributed by atoms with Crippen LogP contribution in [0.3, 0.4) is 0 Å². The lowest BCUT2D eigenvalue weighted by Crippen LogP contribution is -2.49. The van der Waals surface area contributed by atoms with Gasteiger partial charge in [0.25, 0.3) is 0 Å². The summed E-state index contributed by atoms with van der Waals surface area (Å²) in [5.74, 6) is -0.662. The molecule has 1 aliphatic carbocycles. The molecule has 1 aromatic rings. The van der Waals surface area contributed by atoms with Crippen LogP contribution in [-0.4, -0.2) is 58.9 Å². The van der Waals surface area contributed by atoms with E-state index in [-0.39, 0.29) is 23.4 Å². The molecule has 1 aromatic carbocycles. The Hall–Kier alpha value is -2.64. The number of nitrogens with zero attached hydrogens (tertiary/aromatic N) is 2. The number of carbonyl (C=O) groups excluding carboxylic acids is 1. The minimum atomic E-state index is -3.96. The maximum Gasteiger partial charge on any atom is 0.408 e. The Morgan fingerprint density at radius 1 is 1.33 bits per heavy atom. The Morgan fingerprint density at radius 2 is 2.00 bits per heavy atom. The number of rotatable bonds is 5. The Kier molecular flexibility index (Phi) is 4.84. The normalized spacial score (nSPS) is 23.5. The van der Waals surface area contributed by atoms with Gasteiger partial charge in [-0.05, 0) is 30.9 Å². The van der Waals surface area contributed by atoms with E-state index in [0.717, 1.165) is 4.90 Å². The first-order valence-electron chi connectivity index (χ1n) is 8.39. The van der Waals surface area contributed by atoms with E-state index < -0.39 is 45.3 Å². The Bertz CT molecular complexity index is 919. The third-order valence-electron chi connectivity index (χ3n) is 5.03. The molecule has 1 saturated heterocycles. The van der Waals surface area contributed by atoms with E-state index >= 15 is 0 Å². The van der Waals surface area contributed by atoms with Crippen molar-refractivity contribution in [2.45, 2.75) is 47.6 Å². The summed E-state index contributed by atoms with van der Waals surface area (Å²) in [5, 5.41) is 29.3. The van der Waals surface area contributed by atoms with Crippen LogP contribution < -0.4 is 5.32 Å². The van der Waals surface area contributed by atoms with Crippen LogP contribution >= 0.6 is 0 Å². The van der Waals surface area contributed by atoms with Gasteiger partial charge in [0.1, 0.15) is 11.6 Å². The average molecular weight is 393 g/mol. The van der Waals surface area contributed by atoms with Crippen molar-refractivity contribution in [1.29, 1.82) is 5.26 Å². The number of aliphatic hydroxyl groups excluding tert-OH is 1. The van der Waals surface area contributed by atoms with Gasteiger partial charge in [0, 0.05) is 6.54 Å². The topological polar surface area (TPSA) is 148 Å². The highest BCUT2D eigenvalue weighted by molar-refractivity contribution is 7.92. The van der Waals surface area contributed by atoms with Crippen LogP contribution in [-0.2, 0) is 21.2 Å². The van der Waals surface area contributed by atoms with Crippen molar-refractivity contribution >= 4 is 21.8 Å². The molecule has 2 atom stereocenters. The maximum absolute atomic E-state index is 13.0. The number of carboxylic acid groups (broad SMARTS) is 1. The number of amides is 2. The van der Waals surface area contributed by atoms with E-state index in [2.05, 4.69) is 5.32 Å². The number of hydrogen-bond acceptors (Lipinski definition) is 6. The van der Waals surface area contributed by atoms with Crippen LogP contribution in [0.2, 0.25) is 0 Å². The van der Waals surface area contributed by atoms with Crippen LogP contribution in [0.25, 0.3) is 0 Å². The van der Waals surface area contributed by atoms with Crippen LogP contribution in [0.5, 0.6) is 0 Å². The predicted molar refractivity (Wildman–Crippen MR) is 92.2 cm³/mol. The summed E-state index contributed by atoms with van der Waals surface area (Å²) < 4.78 is 26.0. The Labute approximate surface area is 156 Å². The number of nitrogens with one attached hydrogen (secondary N) is 1. The molecule has 0 spiro atoms. The number of carbonyl (C=O) groups is 2. The smallest absolute Gasteiger partial charge is 0.408 e. The van der Waals surface area contributed by atoms with Gasteiger partial charge in [-0.2, -0.15) is 5.26 Å². The Balaban J connectivity index is 1.87. The van der Waals surface area contributed by atoms with Crippen molar-refractivity contribution in [3.63, 3.8) is 0 Å². The molecule has 144 valence electrons. The Morgan fingerprint density at radius 3 is 2.56 bits per heavy atom. The highest BCUT2D eigenvalue weighted by Crippen LogP contribution is 2.36. The molecular weight excluding hydrogens is 374 g/mol. The van der Waals surface area contributed by atoms with Crippen molar-refractivity contribution in [3.8, 4) is 6.07 Å². The quantitative estimate of drug-likeness (QED) is 0.649. The minimum Gasteiger partial charge on any atom is -0.465 e. The monoisotopic (exact) mass is 393 g/mol. The lowest BCUT2D eigenvalue weighted by atomic mass is 10.2. The summed E-state index contributed by atoms with van der Waals surface area (Å²) in [5.41, 5.74) is -0.754. The largest absolute Gasteiger partial charge is 0.465 e. The number of nitriles is 1. The fourth-order valence-electron chi connectivity index (χ4n) is 3.28. The number of aliphatic hydroxyl groups is 1. The van der Waals surface area contributed by atoms with Crippen LogP contribution in [0.4, 0.5) is 4.79 Å². The molecular formula is C17H19N3O6S. The number of likely N-dealkylation sites (tertiary alicyclic amines) is 1. The number of benzene rings is 1. The van der Waals surface area contributed by atoms with E-state index in [1.807, 2.05) is 6.07 Å². The molecule has 3 N–H and O–H groups in total. The molecule has 27 heavy (non-hydrogen) atoms. The molecule has 9 nitrogen and oxygen atoms in total. The second kappa shape index (κ2) is 6.83. The van der Waals surface area contributed by atoms with Gasteiger partial charge < -0.3 is 15.5 Å². The zero-order valence-corrected chi connectivity index (χ0v) is 15.1. The molecule has 0 unspecified atom stereocenters. The first-order valence-corrected chi connectivity index (χ1v) is 9.94. The lowest BCUT2D eigenvalue weighted by molar-refractivity contribution is -0.125. The summed E-state index contributed by atoms with van der Waals surface area (Å²) in [6, 6.07) is 6.75. The summed E-state index contributed by atoms with van der Waals surface area (Å²) in [4.78, 5) is 24.8. The number of sulfone groups is 1. The molecule has 0 bridgehead atoms. The molecule has 2 amide bonds. The second-order valence-corrected chi connectivity index (χ2v) is 9.00. The average Bonchev–Trinajstić information content (AvgIpc) is 3.26. The van der Waals surface area contributed by atoms with Crippen LogP contribution in [0.1, 0.15) is 24.8 Å². The summed E-state index contributed by atoms with van der Waals surface area (Å²) >= 11 is 0. The second-order valence-electron chi connectivity index (χ2n) is 6.80. The van der Waals surface area contributed by atoms with Crippen molar-refractivity contribution in [2.24, 2.45) is 0 Å². The molecule has 3 rings (SSSR count). The van der Waals surface area contributed by atoms with E-state index in [1.165, 1.54) is 18.2 Å². The van der Waals surface area contributed by atoms with Crippen LogP contribution in [0, 0.1) is 11.3 Å². The van der Waals surface area contributed by atoms with Gasteiger partial charge in [0.15, 0.2) is 9.84 Å². The molecule has 0 aromatic heterocycles. The predicted octanol–water partition coefficient (Wildman–Crippen LogP) is 0.246. The van der Waals surface area contributed by atoms with Gasteiger partial charge in [-0.1, -0.05) is 18.2 Å². The lowest BCUT2D eigenvalue weighted by Gasteiger charge is -2.21. The van der Waals surface area contributed by atoms with E-state index in [1.54, 1.807) is 6.07 Å². The molecule has 10 heteroatoms. The van der Waals surface area contributed by atoms with Crippen molar-refractivity contribution in [3.05, 3.63) is 29.8 Å². The SMILES string of the molecule is N#CC1(NC(=O)[C@@H]2C[C@@H](S(=O)(=O)c3ccccc3CO)CN2C(=O)O)CC1. The van der Waals surface area contributed by atoms with Crippen molar-refractivity contribution in [1.82, 2.24) is 10.2 Å². The van der Waals surface area contributed by atoms with Gasteiger partial charge in [-0.25, -0.2) is 13.2 Å². The summed E-state index contributed by atoms with van der Waals surface area (Å²) in [6.07, 6.45) is -0.631. The van der Waals surface area contributed by atoms with Gasteiger partial charge >= 0.3 is 6.09 Å². The molecule has 1 aliphatic heterocycles. The van der Waals surface area contributed by atoms with Gasteiger partial charge in [-0.15, -0.1) is 0 Å². The van der Waals surface area contributed by atoms with E-state index in [9.17, 15) is 28.2 Å². The summed E-state index contributed by atoms with van der Waals surface area (Å²) in [6.45, 7) is -0.825. The molecule has 2 fully saturated rings. The fourth-order valence-corrected chi connectivity index (χ4v) is 5.20. The van der Waals surface area contributed by atoms with Crippen molar-refractivity contribution < 1.29 is 28.2 Å². The van der Waals surface area contributed by atoms with Crippen LogP contribution in [0.15, 0.2) is 29.2 Å². The first kappa shape index (κ1) is 19.1. The highest BCUT2D eigenvalue weighted by atomic mass is 32.2. The van der Waals surface area contributed by atoms with Gasteiger partial charge in [-0.3, -0.25) is 9.69 Å². The maximum atomic E-state index is 13.0. The first-order chi connectivity index (χ1) is 12.7.